The highest BCUT2D eigenvalue weighted by molar-refractivity contribution is 5.96. The highest BCUT2D eigenvalue weighted by Crippen LogP contribution is 2.22. The zero-order valence-electron chi connectivity index (χ0n) is 15.8. The first kappa shape index (κ1) is 19.2. The molecule has 7 nitrogen and oxygen atoms in total. The minimum absolute atomic E-state index is 0.0818. The van der Waals surface area contributed by atoms with Gasteiger partial charge in [0.05, 0.1) is 5.69 Å². The van der Waals surface area contributed by atoms with Crippen LogP contribution in [0.1, 0.15) is 34.6 Å². The number of anilines is 1. The standard InChI is InChI=1S/C21H22N4O3/c1-3-25(4-2)16-9-8-13-11-17(20(23)27)21(28-18(13)12-16)24-15-7-5-6-14(10-15)19(22)26/h5-12H,3-4H2,1-2H3,(H2,22,26)(H2,23,27). The van der Waals surface area contributed by atoms with Crippen LogP contribution in [0.15, 0.2) is 57.9 Å². The SMILES string of the molecule is CCN(CC)c1ccc2cc(C(N)=O)c(=Nc3cccc(C(N)=O)c3)oc2c1. The van der Waals surface area contributed by atoms with Crippen molar-refractivity contribution in [2.45, 2.75) is 13.8 Å². The molecule has 7 heteroatoms. The minimum atomic E-state index is -0.650. The topological polar surface area (TPSA) is 115 Å². The predicted octanol–water partition coefficient (Wildman–Crippen LogP) is 2.71. The van der Waals surface area contributed by atoms with Gasteiger partial charge >= 0.3 is 0 Å². The molecule has 1 aromatic heterocycles. The molecule has 0 saturated heterocycles. The van der Waals surface area contributed by atoms with Crippen LogP contribution < -0.4 is 21.9 Å². The van der Waals surface area contributed by atoms with Crippen molar-refractivity contribution in [2.24, 2.45) is 16.5 Å². The third-order valence-electron chi connectivity index (χ3n) is 4.49. The number of hydrogen-bond acceptors (Lipinski definition) is 5. The van der Waals surface area contributed by atoms with Gasteiger partial charge < -0.3 is 20.8 Å². The molecule has 3 aromatic rings. The van der Waals surface area contributed by atoms with Gasteiger partial charge in [-0.1, -0.05) is 6.07 Å². The van der Waals surface area contributed by atoms with E-state index in [-0.39, 0.29) is 11.1 Å². The summed E-state index contributed by atoms with van der Waals surface area (Å²) >= 11 is 0. The molecule has 0 aliphatic rings. The van der Waals surface area contributed by atoms with Crippen LogP contribution in [-0.4, -0.2) is 24.9 Å². The third-order valence-corrected chi connectivity index (χ3v) is 4.49. The highest BCUT2D eigenvalue weighted by Gasteiger charge is 2.11. The van der Waals surface area contributed by atoms with Gasteiger partial charge in [-0.25, -0.2) is 4.99 Å². The number of carbonyl (C=O) groups excluding carboxylic acids is 2. The van der Waals surface area contributed by atoms with E-state index in [1.54, 1.807) is 24.3 Å². The molecule has 0 saturated carbocycles. The summed E-state index contributed by atoms with van der Waals surface area (Å²) in [6.45, 7) is 5.87. The van der Waals surface area contributed by atoms with Gasteiger partial charge in [-0.05, 0) is 50.2 Å². The van der Waals surface area contributed by atoms with Crippen LogP contribution in [0.2, 0.25) is 0 Å². The molecule has 0 aliphatic heterocycles. The number of hydrogen-bond donors (Lipinski definition) is 2. The van der Waals surface area contributed by atoms with Crippen molar-refractivity contribution in [1.29, 1.82) is 0 Å². The largest absolute Gasteiger partial charge is 0.437 e. The van der Waals surface area contributed by atoms with Gasteiger partial charge in [-0.2, -0.15) is 0 Å². The summed E-state index contributed by atoms with van der Waals surface area (Å²) in [5.74, 6) is -1.21. The molecule has 0 atom stereocenters. The van der Waals surface area contributed by atoms with Crippen LogP contribution in [0, 0.1) is 0 Å². The molecule has 1 heterocycles. The van der Waals surface area contributed by atoms with Gasteiger partial charge in [-0.3, -0.25) is 9.59 Å². The molecule has 4 N–H and O–H groups in total. The lowest BCUT2D eigenvalue weighted by Crippen LogP contribution is -2.23. The van der Waals surface area contributed by atoms with Gasteiger partial charge in [0.25, 0.3) is 5.91 Å². The summed E-state index contributed by atoms with van der Waals surface area (Å²) in [4.78, 5) is 29.9. The molecular weight excluding hydrogens is 356 g/mol. The molecule has 0 spiro atoms. The summed E-state index contributed by atoms with van der Waals surface area (Å²) in [6, 6.07) is 13.9. The van der Waals surface area contributed by atoms with Crippen LogP contribution in [0.5, 0.6) is 0 Å². The van der Waals surface area contributed by atoms with E-state index < -0.39 is 11.8 Å². The molecule has 0 unspecified atom stereocenters. The fraction of sp³-hybridized carbons (Fsp3) is 0.190. The fourth-order valence-corrected chi connectivity index (χ4v) is 3.00. The summed E-state index contributed by atoms with van der Waals surface area (Å²) in [5.41, 5.74) is 13.4. The zero-order chi connectivity index (χ0) is 20.3. The fourth-order valence-electron chi connectivity index (χ4n) is 3.00. The Morgan fingerprint density at radius 3 is 2.39 bits per heavy atom. The van der Waals surface area contributed by atoms with Crippen molar-refractivity contribution in [3.63, 3.8) is 0 Å². The molecule has 2 amide bonds. The van der Waals surface area contributed by atoms with Crippen molar-refractivity contribution < 1.29 is 14.0 Å². The molecule has 3 rings (SSSR count). The molecule has 0 bridgehead atoms. The number of fused-ring (bicyclic) bond motifs is 1. The number of primary amides is 2. The second-order valence-electron chi connectivity index (χ2n) is 6.25. The predicted molar refractivity (Wildman–Crippen MR) is 108 cm³/mol. The molecule has 28 heavy (non-hydrogen) atoms. The van der Waals surface area contributed by atoms with Gasteiger partial charge in [-0.15, -0.1) is 0 Å². The Hall–Kier alpha value is -3.61. The lowest BCUT2D eigenvalue weighted by atomic mass is 10.1. The Kier molecular flexibility index (Phi) is 5.44. The average Bonchev–Trinajstić information content (AvgIpc) is 2.68. The van der Waals surface area contributed by atoms with Gasteiger partial charge in [0, 0.05) is 35.8 Å². The van der Waals surface area contributed by atoms with Crippen LogP contribution in [0.25, 0.3) is 11.0 Å². The van der Waals surface area contributed by atoms with E-state index in [0.29, 0.717) is 16.8 Å². The summed E-state index contributed by atoms with van der Waals surface area (Å²) < 4.78 is 5.93. The minimum Gasteiger partial charge on any atom is -0.437 e. The van der Waals surface area contributed by atoms with Crippen molar-refractivity contribution in [3.05, 3.63) is 65.2 Å². The van der Waals surface area contributed by atoms with E-state index in [9.17, 15) is 9.59 Å². The number of rotatable bonds is 6. The highest BCUT2D eigenvalue weighted by atomic mass is 16.3. The molecule has 144 valence electrons. The Bertz CT molecular complexity index is 1110. The van der Waals surface area contributed by atoms with Gasteiger partial charge in [0.2, 0.25) is 11.5 Å². The monoisotopic (exact) mass is 378 g/mol. The van der Waals surface area contributed by atoms with E-state index in [1.165, 1.54) is 6.07 Å². The molecule has 2 aromatic carbocycles. The van der Waals surface area contributed by atoms with E-state index in [2.05, 4.69) is 23.7 Å². The Morgan fingerprint density at radius 1 is 1.00 bits per heavy atom. The first-order valence-corrected chi connectivity index (χ1v) is 9.00. The summed E-state index contributed by atoms with van der Waals surface area (Å²) in [6.07, 6.45) is 0. The first-order valence-electron chi connectivity index (χ1n) is 9.00. The Balaban J connectivity index is 2.21. The number of benzene rings is 2. The quantitative estimate of drug-likeness (QED) is 0.686. The zero-order valence-corrected chi connectivity index (χ0v) is 15.8. The summed E-state index contributed by atoms with van der Waals surface area (Å²) in [7, 11) is 0. The summed E-state index contributed by atoms with van der Waals surface area (Å²) in [5, 5.41) is 0.745. The molecule has 0 aliphatic carbocycles. The van der Waals surface area contributed by atoms with Crippen LogP contribution >= 0.6 is 0 Å². The van der Waals surface area contributed by atoms with Crippen molar-refractivity contribution >= 4 is 34.2 Å². The van der Waals surface area contributed by atoms with Crippen LogP contribution in [0.3, 0.4) is 0 Å². The van der Waals surface area contributed by atoms with Crippen molar-refractivity contribution in [3.8, 4) is 0 Å². The van der Waals surface area contributed by atoms with Crippen molar-refractivity contribution in [2.75, 3.05) is 18.0 Å². The maximum atomic E-state index is 11.9. The van der Waals surface area contributed by atoms with Gasteiger partial charge in [0.15, 0.2) is 0 Å². The van der Waals surface area contributed by atoms with E-state index in [0.717, 1.165) is 24.2 Å². The Labute approximate surface area is 162 Å². The smallest absolute Gasteiger partial charge is 0.254 e. The van der Waals surface area contributed by atoms with Crippen LogP contribution in [0.4, 0.5) is 11.4 Å². The number of carbonyl (C=O) groups is 2. The second-order valence-corrected chi connectivity index (χ2v) is 6.25. The number of nitrogens with zero attached hydrogens (tertiary/aromatic N) is 2. The third kappa shape index (κ3) is 3.88. The maximum Gasteiger partial charge on any atom is 0.254 e. The first-order chi connectivity index (χ1) is 13.4. The van der Waals surface area contributed by atoms with E-state index in [4.69, 9.17) is 15.9 Å². The van der Waals surface area contributed by atoms with Crippen molar-refractivity contribution in [1.82, 2.24) is 0 Å². The lowest BCUT2D eigenvalue weighted by Gasteiger charge is -2.21. The lowest BCUT2D eigenvalue weighted by molar-refractivity contribution is 0.0989. The second kappa shape index (κ2) is 7.96. The molecular formula is C21H22N4O3. The van der Waals surface area contributed by atoms with E-state index >= 15 is 0 Å². The average molecular weight is 378 g/mol. The molecule has 0 radical (unpaired) electrons. The van der Waals surface area contributed by atoms with Gasteiger partial charge in [0.1, 0.15) is 11.1 Å². The van der Waals surface area contributed by atoms with E-state index in [1.807, 2.05) is 18.2 Å². The number of nitrogens with two attached hydrogens (primary N) is 2. The van der Waals surface area contributed by atoms with Crippen LogP contribution in [-0.2, 0) is 0 Å². The molecule has 0 fully saturated rings. The maximum absolute atomic E-state index is 11.9. The Morgan fingerprint density at radius 2 is 1.75 bits per heavy atom. The normalized spacial score (nSPS) is 11.6. The number of amides is 2.